The molecule has 1 rings (SSSR count). The van der Waals surface area contributed by atoms with Crippen LogP contribution in [-0.2, 0) is 9.53 Å². The molecule has 0 unspecified atom stereocenters. The molecule has 112 valence electrons. The highest BCUT2D eigenvalue weighted by molar-refractivity contribution is 5.96. The van der Waals surface area contributed by atoms with Crippen LogP contribution in [0.4, 0.5) is 0 Å². The highest BCUT2D eigenvalue weighted by Crippen LogP contribution is 2.09. The van der Waals surface area contributed by atoms with E-state index in [9.17, 15) is 9.59 Å². The molecule has 0 aromatic carbocycles. The third-order valence-corrected chi connectivity index (χ3v) is 2.66. The molecule has 1 heterocycles. The summed E-state index contributed by atoms with van der Waals surface area (Å²) in [6.45, 7) is 2.02. The molecular weight excluding hydrogens is 272 g/mol. The molecule has 0 atom stereocenters. The summed E-state index contributed by atoms with van der Waals surface area (Å²) in [7, 11) is 1.60. The molecule has 0 aliphatic rings. The summed E-state index contributed by atoms with van der Waals surface area (Å²) in [5.41, 5.74) is 0.830. The maximum atomic E-state index is 12.3. The quantitative estimate of drug-likeness (QED) is 0.629. The zero-order valence-corrected chi connectivity index (χ0v) is 12.1. The van der Waals surface area contributed by atoms with E-state index in [0.29, 0.717) is 17.7 Å². The Hall–Kier alpha value is -2.39. The molecule has 1 N–H and O–H groups in total. The van der Waals surface area contributed by atoms with Crippen LogP contribution in [0.25, 0.3) is 0 Å². The molecule has 1 aromatic heterocycles. The Bertz CT molecular complexity index is 560. The highest BCUT2D eigenvalue weighted by Gasteiger charge is 2.16. The summed E-state index contributed by atoms with van der Waals surface area (Å²) in [6.07, 6.45) is 3.10. The minimum Gasteiger partial charge on any atom is -0.466 e. The Kier molecular flexibility index (Phi) is 6.92. The molecule has 0 fully saturated rings. The van der Waals surface area contributed by atoms with E-state index in [1.54, 1.807) is 20.0 Å². The predicted octanol–water partition coefficient (Wildman–Crippen LogP) is 0.451. The Morgan fingerprint density at radius 1 is 1.48 bits per heavy atom. The van der Waals surface area contributed by atoms with Gasteiger partial charge in [0.15, 0.2) is 0 Å². The Labute approximate surface area is 123 Å². The van der Waals surface area contributed by atoms with Crippen LogP contribution < -0.4 is 0 Å². The molecule has 6 heteroatoms. The van der Waals surface area contributed by atoms with Crippen molar-refractivity contribution >= 4 is 11.9 Å². The lowest BCUT2D eigenvalue weighted by atomic mass is 10.1. The first-order chi connectivity index (χ1) is 10.1. The summed E-state index contributed by atoms with van der Waals surface area (Å²) < 4.78 is 4.82. The minimum absolute atomic E-state index is 0.138. The normalized spacial score (nSPS) is 9.48. The van der Waals surface area contributed by atoms with E-state index in [-0.39, 0.29) is 31.4 Å². The zero-order valence-electron chi connectivity index (χ0n) is 12.1. The minimum atomic E-state index is -0.341. The van der Waals surface area contributed by atoms with E-state index >= 15 is 0 Å². The third-order valence-electron chi connectivity index (χ3n) is 2.66. The molecule has 1 aromatic rings. The van der Waals surface area contributed by atoms with Gasteiger partial charge in [-0.1, -0.05) is 11.8 Å². The number of rotatable bonds is 5. The summed E-state index contributed by atoms with van der Waals surface area (Å²) in [5, 5.41) is 8.72. The predicted molar refractivity (Wildman–Crippen MR) is 76.4 cm³/mol. The van der Waals surface area contributed by atoms with Crippen molar-refractivity contribution in [2.24, 2.45) is 0 Å². The lowest BCUT2D eigenvalue weighted by molar-refractivity contribution is -0.143. The largest absolute Gasteiger partial charge is 0.466 e. The van der Waals surface area contributed by atoms with Gasteiger partial charge in [-0.2, -0.15) is 0 Å². The summed E-state index contributed by atoms with van der Waals surface area (Å²) in [6, 6.07) is 1.56. The van der Waals surface area contributed by atoms with Gasteiger partial charge in [0.2, 0.25) is 0 Å². The number of esters is 1. The number of amides is 1. The number of carbonyl (C=O) groups is 2. The van der Waals surface area contributed by atoms with Gasteiger partial charge < -0.3 is 14.7 Å². The topological polar surface area (TPSA) is 79.7 Å². The molecule has 21 heavy (non-hydrogen) atoms. The van der Waals surface area contributed by atoms with Crippen LogP contribution in [0.2, 0.25) is 0 Å². The summed E-state index contributed by atoms with van der Waals surface area (Å²) >= 11 is 0. The van der Waals surface area contributed by atoms with Gasteiger partial charge in [0.25, 0.3) is 5.91 Å². The standard InChI is InChI=1S/C15H18N2O4/c1-3-21-14(19)7-9-17(2)15(20)13-6-8-16-11-12(13)5-4-10-18/h6,8,11,18H,3,7,9-10H2,1-2H3. The first kappa shape index (κ1) is 16.7. The van der Waals surface area contributed by atoms with Crippen molar-refractivity contribution in [1.29, 1.82) is 0 Å². The van der Waals surface area contributed by atoms with Crippen molar-refractivity contribution in [1.82, 2.24) is 9.88 Å². The van der Waals surface area contributed by atoms with Crippen molar-refractivity contribution in [3.05, 3.63) is 29.6 Å². The molecule has 0 bridgehead atoms. The third kappa shape index (κ3) is 5.24. The number of hydrogen-bond acceptors (Lipinski definition) is 5. The van der Waals surface area contributed by atoms with E-state index in [2.05, 4.69) is 16.8 Å². The summed E-state index contributed by atoms with van der Waals surface area (Å²) in [4.78, 5) is 28.9. The van der Waals surface area contributed by atoms with E-state index in [1.165, 1.54) is 17.3 Å². The van der Waals surface area contributed by atoms with E-state index < -0.39 is 0 Å². The second-order valence-corrected chi connectivity index (χ2v) is 4.16. The van der Waals surface area contributed by atoms with E-state index in [1.807, 2.05) is 0 Å². The molecule has 0 aliphatic carbocycles. The lowest BCUT2D eigenvalue weighted by Gasteiger charge is -2.17. The van der Waals surface area contributed by atoms with Gasteiger partial charge in [-0.25, -0.2) is 0 Å². The van der Waals surface area contributed by atoms with Gasteiger partial charge >= 0.3 is 5.97 Å². The van der Waals surface area contributed by atoms with Gasteiger partial charge in [-0.05, 0) is 13.0 Å². The van der Waals surface area contributed by atoms with Gasteiger partial charge in [0.1, 0.15) is 6.61 Å². The Balaban J connectivity index is 2.76. The van der Waals surface area contributed by atoms with Crippen LogP contribution in [0, 0.1) is 11.8 Å². The second kappa shape index (κ2) is 8.72. The highest BCUT2D eigenvalue weighted by atomic mass is 16.5. The van der Waals surface area contributed by atoms with E-state index in [4.69, 9.17) is 9.84 Å². The monoisotopic (exact) mass is 290 g/mol. The lowest BCUT2D eigenvalue weighted by Crippen LogP contribution is -2.30. The second-order valence-electron chi connectivity index (χ2n) is 4.16. The number of carbonyl (C=O) groups excluding carboxylic acids is 2. The van der Waals surface area contributed by atoms with Crippen molar-refractivity contribution in [2.75, 3.05) is 26.8 Å². The van der Waals surface area contributed by atoms with Gasteiger partial charge in [0.05, 0.1) is 24.2 Å². The van der Waals surface area contributed by atoms with Crippen molar-refractivity contribution in [3.8, 4) is 11.8 Å². The average Bonchev–Trinajstić information content (AvgIpc) is 2.50. The van der Waals surface area contributed by atoms with Crippen molar-refractivity contribution in [3.63, 3.8) is 0 Å². The van der Waals surface area contributed by atoms with Crippen LogP contribution in [0.1, 0.15) is 29.3 Å². The van der Waals surface area contributed by atoms with Crippen molar-refractivity contribution in [2.45, 2.75) is 13.3 Å². The molecule has 1 amide bonds. The Morgan fingerprint density at radius 3 is 2.90 bits per heavy atom. The number of aliphatic hydroxyl groups is 1. The number of ether oxygens (including phenoxy) is 1. The fraction of sp³-hybridized carbons (Fsp3) is 0.400. The van der Waals surface area contributed by atoms with Gasteiger partial charge in [-0.15, -0.1) is 0 Å². The molecule has 0 spiro atoms. The molecule has 0 radical (unpaired) electrons. The number of aliphatic hydroxyl groups excluding tert-OH is 1. The molecule has 0 saturated heterocycles. The Morgan fingerprint density at radius 2 is 2.24 bits per heavy atom. The maximum absolute atomic E-state index is 12.3. The molecule has 0 saturated carbocycles. The smallest absolute Gasteiger partial charge is 0.307 e. The van der Waals surface area contributed by atoms with Crippen LogP contribution in [0.15, 0.2) is 18.5 Å². The SMILES string of the molecule is CCOC(=O)CCN(C)C(=O)c1ccncc1C#CCO. The van der Waals surface area contributed by atoms with Crippen LogP contribution in [-0.4, -0.2) is 53.7 Å². The fourth-order valence-corrected chi connectivity index (χ4v) is 1.61. The van der Waals surface area contributed by atoms with Crippen molar-refractivity contribution < 1.29 is 19.4 Å². The molecule has 0 aliphatic heterocycles. The van der Waals surface area contributed by atoms with Gasteiger partial charge in [0, 0.05) is 26.0 Å². The number of nitrogens with zero attached hydrogens (tertiary/aromatic N) is 2. The molecular formula is C15H18N2O4. The van der Waals surface area contributed by atoms with Gasteiger partial charge in [-0.3, -0.25) is 14.6 Å². The average molecular weight is 290 g/mol. The summed E-state index contributed by atoms with van der Waals surface area (Å²) in [5.74, 6) is 4.57. The molecule has 6 nitrogen and oxygen atoms in total. The number of aromatic nitrogens is 1. The maximum Gasteiger partial charge on any atom is 0.307 e. The first-order valence-electron chi connectivity index (χ1n) is 6.55. The number of hydrogen-bond donors (Lipinski definition) is 1. The zero-order chi connectivity index (χ0) is 15.7. The number of pyridine rings is 1. The fourth-order valence-electron chi connectivity index (χ4n) is 1.61. The van der Waals surface area contributed by atoms with Crippen LogP contribution >= 0.6 is 0 Å². The first-order valence-corrected chi connectivity index (χ1v) is 6.55. The van der Waals surface area contributed by atoms with E-state index in [0.717, 1.165) is 0 Å². The van der Waals surface area contributed by atoms with Crippen LogP contribution in [0.5, 0.6) is 0 Å². The van der Waals surface area contributed by atoms with Crippen LogP contribution in [0.3, 0.4) is 0 Å².